The van der Waals surface area contributed by atoms with Crippen LogP contribution in [0.5, 0.6) is 5.75 Å². The zero-order chi connectivity index (χ0) is 20.1. The number of aryl methyl sites for hydroxylation is 1. The number of carbonyl (C=O) groups is 1. The number of hydrazone groups is 1. The highest BCUT2D eigenvalue weighted by atomic mass is 16.6. The third-order valence-electron chi connectivity index (χ3n) is 4.19. The van der Waals surface area contributed by atoms with Crippen molar-refractivity contribution >= 4 is 28.1 Å². The minimum atomic E-state index is -0.539. The molecule has 142 valence electrons. The molecule has 7 nitrogen and oxygen atoms in total. The number of amides is 1. The highest BCUT2D eigenvalue weighted by Crippen LogP contribution is 2.27. The molecule has 1 amide bonds. The van der Waals surface area contributed by atoms with Gasteiger partial charge in [0.25, 0.3) is 5.91 Å². The van der Waals surface area contributed by atoms with Crippen LogP contribution in [0, 0.1) is 17.0 Å². The van der Waals surface area contributed by atoms with Gasteiger partial charge in [-0.3, -0.25) is 14.9 Å². The summed E-state index contributed by atoms with van der Waals surface area (Å²) in [7, 11) is 0. The molecular weight excluding hydrogens is 358 g/mol. The van der Waals surface area contributed by atoms with Crippen molar-refractivity contribution in [1.29, 1.82) is 0 Å². The van der Waals surface area contributed by atoms with Crippen molar-refractivity contribution in [3.63, 3.8) is 0 Å². The molecule has 3 rings (SSSR count). The molecule has 28 heavy (non-hydrogen) atoms. The molecule has 3 aromatic rings. The van der Waals surface area contributed by atoms with E-state index in [4.69, 9.17) is 4.74 Å². The van der Waals surface area contributed by atoms with E-state index in [0.717, 1.165) is 21.9 Å². The number of nitrogens with one attached hydrogen (secondary N) is 1. The Morgan fingerprint density at radius 1 is 1.11 bits per heavy atom. The normalized spacial score (nSPS) is 11.3. The van der Waals surface area contributed by atoms with E-state index in [1.54, 1.807) is 19.9 Å². The van der Waals surface area contributed by atoms with Gasteiger partial charge in [0.05, 0.1) is 10.6 Å². The molecule has 0 aromatic heterocycles. The molecule has 1 N–H and O–H groups in total. The van der Waals surface area contributed by atoms with Crippen LogP contribution in [0.3, 0.4) is 0 Å². The predicted molar refractivity (Wildman–Crippen MR) is 108 cm³/mol. The minimum Gasteiger partial charge on any atom is -0.477 e. The lowest BCUT2D eigenvalue weighted by atomic mass is 10.0. The second-order valence-electron chi connectivity index (χ2n) is 6.31. The number of ether oxygens (including phenoxy) is 1. The zero-order valence-corrected chi connectivity index (χ0v) is 15.5. The first-order valence-electron chi connectivity index (χ1n) is 8.64. The van der Waals surface area contributed by atoms with Crippen LogP contribution in [0.2, 0.25) is 0 Å². The van der Waals surface area contributed by atoms with Gasteiger partial charge >= 0.3 is 5.69 Å². The molecule has 0 fully saturated rings. The van der Waals surface area contributed by atoms with Gasteiger partial charge in [0.1, 0.15) is 0 Å². The minimum absolute atomic E-state index is 0.0426. The molecule has 0 aliphatic heterocycles. The van der Waals surface area contributed by atoms with Crippen LogP contribution in [0.4, 0.5) is 5.69 Å². The Balaban J connectivity index is 1.64. The molecule has 0 heterocycles. The van der Waals surface area contributed by atoms with Crippen molar-refractivity contribution in [2.45, 2.75) is 13.8 Å². The molecule has 0 atom stereocenters. The van der Waals surface area contributed by atoms with Gasteiger partial charge in [0, 0.05) is 6.07 Å². The number of rotatable bonds is 6. The number of carbonyl (C=O) groups excluding carboxylic acids is 1. The Morgan fingerprint density at radius 3 is 2.61 bits per heavy atom. The largest absolute Gasteiger partial charge is 0.477 e. The van der Waals surface area contributed by atoms with Gasteiger partial charge < -0.3 is 4.74 Å². The maximum atomic E-state index is 12.0. The first-order valence-corrected chi connectivity index (χ1v) is 8.64. The van der Waals surface area contributed by atoms with E-state index >= 15 is 0 Å². The summed E-state index contributed by atoms with van der Waals surface area (Å²) in [6.07, 6.45) is 0. The van der Waals surface area contributed by atoms with Crippen LogP contribution in [0.15, 0.2) is 65.8 Å². The smallest absolute Gasteiger partial charge is 0.311 e. The molecule has 0 saturated carbocycles. The second-order valence-corrected chi connectivity index (χ2v) is 6.31. The summed E-state index contributed by atoms with van der Waals surface area (Å²) in [5, 5.41) is 17.4. The molecular formula is C21H19N3O4. The Bertz CT molecular complexity index is 1080. The molecule has 7 heteroatoms. The topological polar surface area (TPSA) is 93.8 Å². The van der Waals surface area contributed by atoms with Crippen molar-refractivity contribution in [3.05, 3.63) is 81.9 Å². The summed E-state index contributed by atoms with van der Waals surface area (Å²) in [5.41, 5.74) is 4.49. The molecule has 0 bridgehead atoms. The fraction of sp³-hybridized carbons (Fsp3) is 0.143. The van der Waals surface area contributed by atoms with E-state index in [0.29, 0.717) is 5.71 Å². The summed E-state index contributed by atoms with van der Waals surface area (Å²) in [6.45, 7) is 3.15. The SMILES string of the molecule is C/C(=N\NC(=O)COc1ccc(C)cc1[N+](=O)[O-])c1ccc2ccccc2c1. The lowest BCUT2D eigenvalue weighted by molar-refractivity contribution is -0.385. The first-order chi connectivity index (χ1) is 13.4. The summed E-state index contributed by atoms with van der Waals surface area (Å²) in [5.74, 6) is -0.462. The lowest BCUT2D eigenvalue weighted by Crippen LogP contribution is -2.25. The molecule has 0 saturated heterocycles. The summed E-state index contributed by atoms with van der Waals surface area (Å²) < 4.78 is 5.29. The maximum Gasteiger partial charge on any atom is 0.311 e. The number of nitro groups is 1. The summed E-state index contributed by atoms with van der Waals surface area (Å²) >= 11 is 0. The lowest BCUT2D eigenvalue weighted by Gasteiger charge is -2.07. The average Bonchev–Trinajstić information content (AvgIpc) is 2.70. The van der Waals surface area contributed by atoms with Crippen LogP contribution < -0.4 is 10.2 Å². The highest BCUT2D eigenvalue weighted by Gasteiger charge is 2.16. The van der Waals surface area contributed by atoms with Gasteiger partial charge in [-0.2, -0.15) is 5.10 Å². The molecule has 3 aromatic carbocycles. The number of nitro benzene ring substituents is 1. The monoisotopic (exact) mass is 377 g/mol. The van der Waals surface area contributed by atoms with E-state index in [-0.39, 0.29) is 18.0 Å². The van der Waals surface area contributed by atoms with E-state index < -0.39 is 10.8 Å². The zero-order valence-electron chi connectivity index (χ0n) is 15.5. The van der Waals surface area contributed by atoms with Crippen molar-refractivity contribution in [2.75, 3.05) is 6.61 Å². The molecule has 0 unspecified atom stereocenters. The number of hydrogen-bond donors (Lipinski definition) is 1. The van der Waals surface area contributed by atoms with E-state index in [1.165, 1.54) is 12.1 Å². The fourth-order valence-corrected chi connectivity index (χ4v) is 2.69. The van der Waals surface area contributed by atoms with Crippen molar-refractivity contribution < 1.29 is 14.5 Å². The quantitative estimate of drug-likeness (QED) is 0.399. The predicted octanol–water partition coefficient (Wildman–Crippen LogP) is 3.98. The third kappa shape index (κ3) is 4.50. The van der Waals surface area contributed by atoms with E-state index in [9.17, 15) is 14.9 Å². The Labute approximate surface area is 161 Å². The average molecular weight is 377 g/mol. The standard InChI is InChI=1S/C21H19N3O4/c1-14-7-10-20(19(11-14)24(26)27)28-13-21(25)23-22-15(2)17-9-8-16-5-3-4-6-18(16)12-17/h3-12H,13H2,1-2H3,(H,23,25)/b22-15+. The molecule has 0 spiro atoms. The molecule has 0 radical (unpaired) electrons. The number of hydrogen-bond acceptors (Lipinski definition) is 5. The Morgan fingerprint density at radius 2 is 1.86 bits per heavy atom. The van der Waals surface area contributed by atoms with Crippen LogP contribution in [0.25, 0.3) is 10.8 Å². The van der Waals surface area contributed by atoms with Crippen LogP contribution >= 0.6 is 0 Å². The van der Waals surface area contributed by atoms with E-state index in [1.807, 2.05) is 42.5 Å². The number of nitrogens with zero attached hydrogens (tertiary/aromatic N) is 2. The fourth-order valence-electron chi connectivity index (χ4n) is 2.69. The molecule has 0 aliphatic carbocycles. The van der Waals surface area contributed by atoms with Crippen molar-refractivity contribution in [1.82, 2.24) is 5.43 Å². The van der Waals surface area contributed by atoms with Crippen LogP contribution in [0.1, 0.15) is 18.1 Å². The van der Waals surface area contributed by atoms with Gasteiger partial charge in [-0.1, -0.05) is 42.5 Å². The number of fused-ring (bicyclic) bond motifs is 1. The van der Waals surface area contributed by atoms with Gasteiger partial charge in [0.2, 0.25) is 0 Å². The van der Waals surface area contributed by atoms with Gasteiger partial charge in [0.15, 0.2) is 12.4 Å². The van der Waals surface area contributed by atoms with Gasteiger partial charge in [-0.05, 0) is 47.9 Å². The van der Waals surface area contributed by atoms with E-state index in [2.05, 4.69) is 10.5 Å². The summed E-state index contributed by atoms with van der Waals surface area (Å²) in [4.78, 5) is 22.5. The van der Waals surface area contributed by atoms with Crippen molar-refractivity contribution in [2.24, 2.45) is 5.10 Å². The van der Waals surface area contributed by atoms with Crippen LogP contribution in [-0.2, 0) is 4.79 Å². The second kappa shape index (κ2) is 8.30. The highest BCUT2D eigenvalue weighted by molar-refractivity contribution is 6.02. The van der Waals surface area contributed by atoms with Crippen LogP contribution in [-0.4, -0.2) is 23.1 Å². The van der Waals surface area contributed by atoms with Gasteiger partial charge in [-0.25, -0.2) is 5.43 Å². The number of benzene rings is 3. The van der Waals surface area contributed by atoms with Gasteiger partial charge in [-0.15, -0.1) is 0 Å². The Kier molecular flexibility index (Phi) is 5.64. The Hall–Kier alpha value is -3.74. The first kappa shape index (κ1) is 19.0. The third-order valence-corrected chi connectivity index (χ3v) is 4.19. The maximum absolute atomic E-state index is 12.0. The van der Waals surface area contributed by atoms with Crippen molar-refractivity contribution in [3.8, 4) is 5.75 Å². The summed E-state index contributed by atoms with van der Waals surface area (Å²) in [6, 6.07) is 18.4. The molecule has 0 aliphatic rings.